The van der Waals surface area contributed by atoms with Crippen LogP contribution in [0.3, 0.4) is 0 Å². The zero-order valence-corrected chi connectivity index (χ0v) is 11.6. The molecule has 0 atom stereocenters. The lowest BCUT2D eigenvalue weighted by atomic mass is 10.2. The van der Waals surface area contributed by atoms with Crippen LogP contribution >= 0.6 is 0 Å². The van der Waals surface area contributed by atoms with Gasteiger partial charge in [0, 0.05) is 23.5 Å². The van der Waals surface area contributed by atoms with Crippen LogP contribution in [0, 0.1) is 28.5 Å². The molecule has 0 heterocycles. The number of nitriles is 2. The van der Waals surface area contributed by atoms with Crippen molar-refractivity contribution >= 4 is 5.69 Å². The lowest BCUT2D eigenvalue weighted by Gasteiger charge is -2.08. The Bertz CT molecular complexity index is 756. The summed E-state index contributed by atoms with van der Waals surface area (Å²) >= 11 is 0. The molecule has 0 aliphatic carbocycles. The van der Waals surface area contributed by atoms with Crippen molar-refractivity contribution in [2.75, 3.05) is 5.32 Å². The van der Waals surface area contributed by atoms with E-state index < -0.39 is 0 Å². The van der Waals surface area contributed by atoms with Crippen molar-refractivity contribution in [1.29, 1.82) is 10.5 Å². The van der Waals surface area contributed by atoms with E-state index in [2.05, 4.69) is 5.32 Å². The van der Waals surface area contributed by atoms with E-state index >= 15 is 0 Å². The third-order valence-corrected chi connectivity index (χ3v) is 2.81. The van der Waals surface area contributed by atoms with Gasteiger partial charge in [0.15, 0.2) is 0 Å². The Hall–Kier alpha value is -3.31. The molecule has 2 rings (SSSR count). The molecule has 0 saturated carbocycles. The number of nitrogens with zero attached hydrogens (tertiary/aromatic N) is 2. The first-order valence-corrected chi connectivity index (χ1v) is 6.46. The Morgan fingerprint density at radius 2 is 1.91 bits per heavy atom. The Kier molecular flexibility index (Phi) is 5.12. The fraction of sp³-hybridized carbons (Fsp3) is 0.0588. The molecule has 0 saturated heterocycles. The van der Waals surface area contributed by atoms with Gasteiger partial charge < -0.3 is 10.1 Å². The normalized spacial score (nSPS) is 9.23. The van der Waals surface area contributed by atoms with Crippen molar-refractivity contribution in [3.8, 4) is 17.9 Å². The molecule has 5 heteroatoms. The molecule has 0 spiro atoms. The molecule has 108 valence electrons. The highest BCUT2D eigenvalue weighted by Crippen LogP contribution is 2.19. The van der Waals surface area contributed by atoms with Gasteiger partial charge in [0.1, 0.15) is 35.9 Å². The molecule has 4 nitrogen and oxygen atoms in total. The molecule has 0 unspecified atom stereocenters. The van der Waals surface area contributed by atoms with Crippen LogP contribution in [0.25, 0.3) is 0 Å². The standard InChI is InChI=1S/C17H12FN3O/c18-17-7-2-1-4-14(17)12-22-16-6-3-5-15(8-16)21-11-13(9-19)10-20/h1-8,11,21H,12H2. The molecule has 0 aliphatic rings. The van der Waals surface area contributed by atoms with Gasteiger partial charge in [0.25, 0.3) is 0 Å². The average Bonchev–Trinajstić information content (AvgIpc) is 2.55. The quantitative estimate of drug-likeness (QED) is 0.852. The maximum Gasteiger partial charge on any atom is 0.145 e. The average molecular weight is 293 g/mol. The summed E-state index contributed by atoms with van der Waals surface area (Å²) in [7, 11) is 0. The monoisotopic (exact) mass is 293 g/mol. The lowest BCUT2D eigenvalue weighted by molar-refractivity contribution is 0.300. The van der Waals surface area contributed by atoms with Crippen molar-refractivity contribution in [2.45, 2.75) is 6.61 Å². The Labute approximate surface area is 127 Å². The molecule has 2 aromatic rings. The maximum absolute atomic E-state index is 13.5. The van der Waals surface area contributed by atoms with Crippen LogP contribution in [0.15, 0.2) is 60.3 Å². The highest BCUT2D eigenvalue weighted by molar-refractivity contribution is 5.52. The predicted molar refractivity (Wildman–Crippen MR) is 80.1 cm³/mol. The van der Waals surface area contributed by atoms with Gasteiger partial charge in [-0.2, -0.15) is 10.5 Å². The second-order valence-corrected chi connectivity index (χ2v) is 4.33. The number of hydrogen-bond acceptors (Lipinski definition) is 4. The molecular formula is C17H12FN3O. The van der Waals surface area contributed by atoms with E-state index in [-0.39, 0.29) is 18.0 Å². The Balaban J connectivity index is 2.03. The fourth-order valence-corrected chi connectivity index (χ4v) is 1.70. The van der Waals surface area contributed by atoms with Gasteiger partial charge >= 0.3 is 0 Å². The SMILES string of the molecule is N#CC(C#N)=CNc1cccc(OCc2ccccc2F)c1. The number of halogens is 1. The second kappa shape index (κ2) is 7.47. The van der Waals surface area contributed by atoms with Crippen LogP contribution in [0.2, 0.25) is 0 Å². The molecule has 1 N–H and O–H groups in total. The third-order valence-electron chi connectivity index (χ3n) is 2.81. The van der Waals surface area contributed by atoms with Crippen LogP contribution < -0.4 is 10.1 Å². The number of ether oxygens (including phenoxy) is 1. The minimum Gasteiger partial charge on any atom is -0.489 e. The highest BCUT2D eigenvalue weighted by atomic mass is 19.1. The summed E-state index contributed by atoms with van der Waals surface area (Å²) in [6.45, 7) is 0.119. The zero-order chi connectivity index (χ0) is 15.8. The molecule has 22 heavy (non-hydrogen) atoms. The van der Waals surface area contributed by atoms with Crippen LogP contribution in [0.4, 0.5) is 10.1 Å². The summed E-state index contributed by atoms with van der Waals surface area (Å²) in [6, 6.07) is 16.9. The maximum atomic E-state index is 13.5. The smallest absolute Gasteiger partial charge is 0.145 e. The first-order valence-electron chi connectivity index (χ1n) is 6.46. The molecule has 0 fully saturated rings. The van der Waals surface area contributed by atoms with E-state index in [0.717, 1.165) is 0 Å². The summed E-state index contributed by atoms with van der Waals surface area (Å²) in [4.78, 5) is 0. The van der Waals surface area contributed by atoms with Gasteiger partial charge in [-0.1, -0.05) is 24.3 Å². The number of hydrogen-bond donors (Lipinski definition) is 1. The molecule has 0 bridgehead atoms. The topological polar surface area (TPSA) is 68.8 Å². The zero-order valence-electron chi connectivity index (χ0n) is 11.6. The van der Waals surface area contributed by atoms with Gasteiger partial charge in [-0.3, -0.25) is 0 Å². The highest BCUT2D eigenvalue weighted by Gasteiger charge is 2.02. The number of anilines is 1. The molecule has 0 radical (unpaired) electrons. The van der Waals surface area contributed by atoms with Crippen molar-refractivity contribution in [3.63, 3.8) is 0 Å². The molecule has 0 aliphatic heterocycles. The van der Waals surface area contributed by atoms with Crippen LogP contribution in [0.1, 0.15) is 5.56 Å². The van der Waals surface area contributed by atoms with E-state index in [1.807, 2.05) is 0 Å². The summed E-state index contributed by atoms with van der Waals surface area (Å²) in [5.74, 6) is 0.240. The number of benzene rings is 2. The summed E-state index contributed by atoms with van der Waals surface area (Å²) < 4.78 is 19.0. The van der Waals surface area contributed by atoms with E-state index in [4.69, 9.17) is 15.3 Å². The van der Waals surface area contributed by atoms with Crippen molar-refractivity contribution in [3.05, 3.63) is 71.7 Å². The van der Waals surface area contributed by atoms with Crippen LogP contribution in [0.5, 0.6) is 5.75 Å². The van der Waals surface area contributed by atoms with E-state index in [9.17, 15) is 4.39 Å². The van der Waals surface area contributed by atoms with E-state index in [1.165, 1.54) is 12.3 Å². The molecule has 0 amide bonds. The van der Waals surface area contributed by atoms with Crippen molar-refractivity contribution in [2.24, 2.45) is 0 Å². The minimum absolute atomic E-state index is 0.0299. The first-order chi connectivity index (χ1) is 10.7. The van der Waals surface area contributed by atoms with E-state index in [1.54, 1.807) is 54.6 Å². The number of nitrogens with one attached hydrogen (secondary N) is 1. The molecule has 2 aromatic carbocycles. The molecule has 0 aromatic heterocycles. The van der Waals surface area contributed by atoms with Crippen LogP contribution in [-0.2, 0) is 6.61 Å². The second-order valence-electron chi connectivity index (χ2n) is 4.33. The minimum atomic E-state index is -0.313. The molecular weight excluding hydrogens is 281 g/mol. The summed E-state index contributed by atoms with van der Waals surface area (Å²) in [6.07, 6.45) is 1.32. The lowest BCUT2D eigenvalue weighted by Crippen LogP contribution is -1.98. The van der Waals surface area contributed by atoms with Gasteiger partial charge in [-0.15, -0.1) is 0 Å². The third kappa shape index (κ3) is 4.09. The van der Waals surface area contributed by atoms with Gasteiger partial charge in [0.05, 0.1) is 0 Å². The Morgan fingerprint density at radius 1 is 1.14 bits per heavy atom. The number of rotatable bonds is 5. The van der Waals surface area contributed by atoms with Crippen molar-refractivity contribution < 1.29 is 9.13 Å². The Morgan fingerprint density at radius 3 is 2.64 bits per heavy atom. The van der Waals surface area contributed by atoms with Crippen molar-refractivity contribution in [1.82, 2.24) is 0 Å². The summed E-state index contributed by atoms with van der Waals surface area (Å²) in [5, 5.41) is 20.1. The van der Waals surface area contributed by atoms with Gasteiger partial charge in [-0.25, -0.2) is 4.39 Å². The largest absolute Gasteiger partial charge is 0.489 e. The van der Waals surface area contributed by atoms with Gasteiger partial charge in [0.2, 0.25) is 0 Å². The van der Waals surface area contributed by atoms with Gasteiger partial charge in [-0.05, 0) is 18.2 Å². The predicted octanol–water partition coefficient (Wildman–Crippen LogP) is 3.75. The number of allylic oxidation sites excluding steroid dienone is 1. The fourth-order valence-electron chi connectivity index (χ4n) is 1.70. The first kappa shape index (κ1) is 15.1. The van der Waals surface area contributed by atoms with Crippen LogP contribution in [-0.4, -0.2) is 0 Å². The van der Waals surface area contributed by atoms with E-state index in [0.29, 0.717) is 17.0 Å². The summed E-state index contributed by atoms with van der Waals surface area (Å²) in [5.41, 5.74) is 1.10.